The van der Waals surface area contributed by atoms with Gasteiger partial charge in [0, 0.05) is 17.1 Å². The van der Waals surface area contributed by atoms with Gasteiger partial charge in [-0.25, -0.2) is 4.99 Å². The van der Waals surface area contributed by atoms with Gasteiger partial charge < -0.3 is 10.0 Å². The van der Waals surface area contributed by atoms with Gasteiger partial charge in [-0.15, -0.1) is 0 Å². The highest BCUT2D eigenvalue weighted by atomic mass is 32.2. The minimum Gasteiger partial charge on any atom is -0.481 e. The standard InChI is InChI=1S/C46H42N2O3S2/c1-29-23-31(3)41(32(4)24-29)21-13-35-7-15-38(16-8-35)48(39-17-9-36(10-18-39)14-22-42-33(5)25-30(2)26-34(42)6)40-19-11-37(12-20-40)27-43-45(51)53-46(47-43)52-28-44(49)50/h7-27H,28H2,1-6H3,(H,49,50)/b21-13+,22-14+,43-27-. The molecule has 1 heterocycles. The first kappa shape index (κ1) is 37.4. The zero-order valence-corrected chi connectivity index (χ0v) is 32.4. The fraction of sp³-hybridized carbons (Fsp3) is 0.152. The fourth-order valence-corrected chi connectivity index (χ4v) is 8.20. The van der Waals surface area contributed by atoms with Crippen LogP contribution in [0.3, 0.4) is 0 Å². The number of nitrogens with zero attached hydrogens (tertiary/aromatic N) is 2. The summed E-state index contributed by atoms with van der Waals surface area (Å²) in [6.07, 6.45) is 10.5. The van der Waals surface area contributed by atoms with Crippen molar-refractivity contribution in [2.24, 2.45) is 4.99 Å². The highest BCUT2D eigenvalue weighted by Crippen LogP contribution is 2.36. The lowest BCUT2D eigenvalue weighted by atomic mass is 9.99. The Bertz CT molecular complexity index is 2140. The van der Waals surface area contributed by atoms with Crippen molar-refractivity contribution in [1.29, 1.82) is 0 Å². The molecule has 0 fully saturated rings. The number of carbonyl (C=O) groups is 2. The average Bonchev–Trinajstić information content (AvgIpc) is 3.46. The molecule has 0 amide bonds. The van der Waals surface area contributed by atoms with Crippen molar-refractivity contribution in [2.45, 2.75) is 41.5 Å². The topological polar surface area (TPSA) is 70.0 Å². The molecule has 266 valence electrons. The van der Waals surface area contributed by atoms with E-state index in [4.69, 9.17) is 5.11 Å². The molecule has 1 aliphatic heterocycles. The summed E-state index contributed by atoms with van der Waals surface area (Å²) in [4.78, 5) is 30.1. The monoisotopic (exact) mass is 734 g/mol. The van der Waals surface area contributed by atoms with Gasteiger partial charge in [0.2, 0.25) is 5.12 Å². The van der Waals surface area contributed by atoms with Crippen molar-refractivity contribution in [2.75, 3.05) is 10.7 Å². The Kier molecular flexibility index (Phi) is 11.7. The Morgan fingerprint density at radius 3 is 1.43 bits per heavy atom. The minimum absolute atomic E-state index is 0.135. The molecule has 0 unspecified atom stereocenters. The molecule has 7 heteroatoms. The maximum absolute atomic E-state index is 12.6. The number of benzene rings is 5. The van der Waals surface area contributed by atoms with Crippen molar-refractivity contribution in [3.8, 4) is 0 Å². The summed E-state index contributed by atoms with van der Waals surface area (Å²) in [5.41, 5.74) is 16.4. The van der Waals surface area contributed by atoms with Crippen LogP contribution in [0.25, 0.3) is 30.4 Å². The van der Waals surface area contributed by atoms with Crippen molar-refractivity contribution in [3.05, 3.63) is 164 Å². The third-order valence-corrected chi connectivity index (χ3v) is 11.0. The predicted octanol–water partition coefficient (Wildman–Crippen LogP) is 12.1. The second-order valence-electron chi connectivity index (χ2n) is 13.4. The Balaban J connectivity index is 1.30. The molecule has 53 heavy (non-hydrogen) atoms. The van der Waals surface area contributed by atoms with E-state index in [1.54, 1.807) is 6.08 Å². The molecule has 0 atom stereocenters. The minimum atomic E-state index is -0.944. The van der Waals surface area contributed by atoms with Crippen LogP contribution in [0.15, 0.2) is 108 Å². The van der Waals surface area contributed by atoms with E-state index in [0.717, 1.165) is 57.3 Å². The van der Waals surface area contributed by atoms with Crippen LogP contribution < -0.4 is 4.90 Å². The Labute approximate surface area is 320 Å². The smallest absolute Gasteiger partial charge is 0.313 e. The maximum Gasteiger partial charge on any atom is 0.313 e. The Hall–Kier alpha value is -5.37. The molecule has 0 aliphatic carbocycles. The molecule has 5 aromatic carbocycles. The lowest BCUT2D eigenvalue weighted by Crippen LogP contribution is -2.09. The summed E-state index contributed by atoms with van der Waals surface area (Å²) in [7, 11) is 0. The first-order valence-corrected chi connectivity index (χ1v) is 19.2. The van der Waals surface area contributed by atoms with Crippen LogP contribution in [0.1, 0.15) is 61.2 Å². The van der Waals surface area contributed by atoms with E-state index in [-0.39, 0.29) is 10.9 Å². The number of aliphatic imine (C=N–C) groups is 1. The SMILES string of the molecule is Cc1cc(C)c(/C=C/c2ccc(N(c3ccc(/C=C4\N=C(SCC(=O)O)SC4=O)cc3)c3ccc(/C=C/c4c(C)cc(C)cc4C)cc3)cc2)c(C)c1. The number of carbonyl (C=O) groups excluding carboxylic acids is 1. The summed E-state index contributed by atoms with van der Waals surface area (Å²) in [5.74, 6) is -1.08. The zero-order chi connectivity index (χ0) is 37.6. The van der Waals surface area contributed by atoms with Crippen LogP contribution in [0.5, 0.6) is 0 Å². The largest absolute Gasteiger partial charge is 0.481 e. The van der Waals surface area contributed by atoms with Crippen LogP contribution in [0, 0.1) is 41.5 Å². The van der Waals surface area contributed by atoms with Crippen molar-refractivity contribution >= 4 is 86.4 Å². The fourth-order valence-electron chi connectivity index (χ4n) is 6.64. The summed E-state index contributed by atoms with van der Waals surface area (Å²) in [6, 6.07) is 34.0. The molecule has 5 aromatic rings. The number of carboxylic acids is 1. The number of anilines is 3. The molecule has 0 bridgehead atoms. The number of thioether (sulfide) groups is 2. The summed E-state index contributed by atoms with van der Waals surface area (Å²) in [5, 5.41) is 8.81. The second kappa shape index (κ2) is 16.5. The molecule has 0 saturated carbocycles. The van der Waals surface area contributed by atoms with E-state index in [0.29, 0.717) is 10.1 Å². The number of hydrogen-bond donors (Lipinski definition) is 1. The number of hydrogen-bond acceptors (Lipinski definition) is 6. The van der Waals surface area contributed by atoms with Gasteiger partial charge >= 0.3 is 5.97 Å². The molecule has 6 rings (SSSR count). The van der Waals surface area contributed by atoms with Crippen LogP contribution in [0.4, 0.5) is 17.1 Å². The van der Waals surface area contributed by atoms with E-state index in [1.807, 2.05) is 24.3 Å². The van der Waals surface area contributed by atoms with Gasteiger partial charge in [-0.05, 0) is 146 Å². The highest BCUT2D eigenvalue weighted by molar-refractivity contribution is 8.45. The van der Waals surface area contributed by atoms with E-state index in [2.05, 4.69) is 149 Å². The van der Waals surface area contributed by atoms with Gasteiger partial charge in [-0.3, -0.25) is 9.59 Å². The van der Waals surface area contributed by atoms with Crippen LogP contribution >= 0.6 is 23.5 Å². The molecular formula is C46H42N2O3S2. The molecule has 0 spiro atoms. The number of rotatable bonds is 10. The Morgan fingerprint density at radius 2 is 1.04 bits per heavy atom. The molecule has 5 nitrogen and oxygen atoms in total. The maximum atomic E-state index is 12.6. The van der Waals surface area contributed by atoms with Crippen LogP contribution in [0.2, 0.25) is 0 Å². The van der Waals surface area contributed by atoms with Gasteiger partial charge in [-0.2, -0.15) is 0 Å². The highest BCUT2D eigenvalue weighted by Gasteiger charge is 2.23. The van der Waals surface area contributed by atoms with Gasteiger partial charge in [0.05, 0.1) is 5.75 Å². The summed E-state index contributed by atoms with van der Waals surface area (Å²) < 4.78 is 0.455. The zero-order valence-electron chi connectivity index (χ0n) is 30.8. The lowest BCUT2D eigenvalue weighted by Gasteiger charge is -2.26. The molecule has 1 N–H and O–H groups in total. The van der Waals surface area contributed by atoms with Crippen molar-refractivity contribution in [1.82, 2.24) is 0 Å². The molecular weight excluding hydrogens is 693 g/mol. The number of aryl methyl sites for hydroxylation is 6. The summed E-state index contributed by atoms with van der Waals surface area (Å²) >= 11 is 2.03. The first-order valence-electron chi connectivity index (χ1n) is 17.4. The van der Waals surface area contributed by atoms with Crippen LogP contribution in [-0.2, 0) is 9.59 Å². The Morgan fingerprint density at radius 1 is 0.642 bits per heavy atom. The predicted molar refractivity (Wildman–Crippen MR) is 228 cm³/mol. The second-order valence-corrected chi connectivity index (χ2v) is 15.6. The van der Waals surface area contributed by atoms with E-state index in [9.17, 15) is 9.59 Å². The number of aliphatic carboxylic acids is 1. The van der Waals surface area contributed by atoms with E-state index < -0.39 is 5.97 Å². The normalized spacial score (nSPS) is 13.7. The van der Waals surface area contributed by atoms with E-state index in [1.165, 1.54) is 44.5 Å². The lowest BCUT2D eigenvalue weighted by molar-refractivity contribution is -0.133. The number of carboxylic acid groups (broad SMARTS) is 1. The quantitative estimate of drug-likeness (QED) is 0.114. The molecule has 0 saturated heterocycles. The third kappa shape index (κ3) is 9.36. The van der Waals surface area contributed by atoms with E-state index >= 15 is 0 Å². The van der Waals surface area contributed by atoms with Gasteiger partial charge in [-0.1, -0.05) is 108 Å². The third-order valence-electron chi connectivity index (χ3n) is 9.04. The van der Waals surface area contributed by atoms with Gasteiger partial charge in [0.1, 0.15) is 10.1 Å². The van der Waals surface area contributed by atoms with Crippen LogP contribution in [-0.4, -0.2) is 26.3 Å². The van der Waals surface area contributed by atoms with Crippen molar-refractivity contribution < 1.29 is 14.7 Å². The van der Waals surface area contributed by atoms with Gasteiger partial charge in [0.15, 0.2) is 0 Å². The molecule has 1 aliphatic rings. The molecule has 0 aromatic heterocycles. The molecule has 0 radical (unpaired) electrons. The average molecular weight is 735 g/mol. The van der Waals surface area contributed by atoms with Crippen molar-refractivity contribution in [3.63, 3.8) is 0 Å². The summed E-state index contributed by atoms with van der Waals surface area (Å²) in [6.45, 7) is 12.9. The van der Waals surface area contributed by atoms with Gasteiger partial charge in [0.25, 0.3) is 0 Å². The first-order chi connectivity index (χ1) is 25.4.